The fraction of sp³-hybridized carbons (Fsp3) is 0.529. The van der Waals surface area contributed by atoms with Crippen LogP contribution >= 0.6 is 11.6 Å². The second kappa shape index (κ2) is 6.99. The molecule has 0 unspecified atom stereocenters. The highest BCUT2D eigenvalue weighted by molar-refractivity contribution is 6.32. The van der Waals surface area contributed by atoms with Crippen LogP contribution in [0.1, 0.15) is 19.3 Å². The standard InChI is InChI=1S/C17H21ClN2O4/c18-12-4-1-2-5-13(12)24-11-15(21)20-9-7-17(16(22)23)6-3-8-19-14(17)10-20/h1-2,4-5,14,19H,3,6-11H2,(H,22,23)/t14-,17+/m1/s1. The molecule has 0 saturated carbocycles. The van der Waals surface area contributed by atoms with Gasteiger partial charge in [0.05, 0.1) is 10.4 Å². The Morgan fingerprint density at radius 1 is 1.38 bits per heavy atom. The first-order valence-corrected chi connectivity index (χ1v) is 8.52. The molecule has 2 saturated heterocycles. The average molecular weight is 353 g/mol. The number of nitrogens with one attached hydrogen (secondary N) is 1. The monoisotopic (exact) mass is 352 g/mol. The van der Waals surface area contributed by atoms with Crippen LogP contribution in [-0.2, 0) is 9.59 Å². The van der Waals surface area contributed by atoms with Crippen molar-refractivity contribution in [1.29, 1.82) is 0 Å². The third-order valence-electron chi connectivity index (χ3n) is 5.05. The van der Waals surface area contributed by atoms with Gasteiger partial charge < -0.3 is 20.1 Å². The predicted molar refractivity (Wildman–Crippen MR) is 89.2 cm³/mol. The number of halogens is 1. The summed E-state index contributed by atoms with van der Waals surface area (Å²) in [6.07, 6.45) is 1.99. The van der Waals surface area contributed by atoms with Crippen molar-refractivity contribution in [1.82, 2.24) is 10.2 Å². The number of benzene rings is 1. The molecule has 1 aromatic rings. The first-order chi connectivity index (χ1) is 11.5. The van der Waals surface area contributed by atoms with Crippen LogP contribution in [-0.4, -0.2) is 54.2 Å². The third-order valence-corrected chi connectivity index (χ3v) is 5.37. The highest BCUT2D eigenvalue weighted by Gasteiger charge is 2.50. The summed E-state index contributed by atoms with van der Waals surface area (Å²) in [4.78, 5) is 25.8. The summed E-state index contributed by atoms with van der Waals surface area (Å²) in [7, 11) is 0. The molecule has 0 bridgehead atoms. The maximum atomic E-state index is 12.4. The molecule has 0 spiro atoms. The molecular weight excluding hydrogens is 332 g/mol. The smallest absolute Gasteiger partial charge is 0.311 e. The number of rotatable bonds is 4. The Balaban J connectivity index is 1.61. The number of carboxylic acid groups (broad SMARTS) is 1. The van der Waals surface area contributed by atoms with Crippen LogP contribution in [0, 0.1) is 5.41 Å². The van der Waals surface area contributed by atoms with E-state index in [-0.39, 0.29) is 18.6 Å². The molecule has 7 heteroatoms. The van der Waals surface area contributed by atoms with E-state index in [9.17, 15) is 14.7 Å². The Bertz CT molecular complexity index is 639. The molecule has 2 fully saturated rings. The minimum atomic E-state index is -0.765. The zero-order valence-corrected chi connectivity index (χ0v) is 14.1. The Labute approximate surface area is 145 Å². The minimum absolute atomic E-state index is 0.101. The van der Waals surface area contributed by atoms with Gasteiger partial charge in [0, 0.05) is 19.1 Å². The number of carbonyl (C=O) groups excluding carboxylic acids is 1. The van der Waals surface area contributed by atoms with Crippen molar-refractivity contribution in [3.8, 4) is 5.75 Å². The maximum Gasteiger partial charge on any atom is 0.311 e. The summed E-state index contributed by atoms with van der Waals surface area (Å²) >= 11 is 6.01. The van der Waals surface area contributed by atoms with E-state index in [1.165, 1.54) is 0 Å². The third kappa shape index (κ3) is 3.21. The topological polar surface area (TPSA) is 78.9 Å². The van der Waals surface area contributed by atoms with Gasteiger partial charge >= 0.3 is 5.97 Å². The number of nitrogens with zero attached hydrogens (tertiary/aromatic N) is 1. The van der Waals surface area contributed by atoms with Crippen LogP contribution in [0.2, 0.25) is 5.02 Å². The summed E-state index contributed by atoms with van der Waals surface area (Å²) in [5.74, 6) is -0.444. The number of para-hydroxylation sites is 1. The molecule has 0 aromatic heterocycles. The molecule has 1 aromatic carbocycles. The normalized spacial score (nSPS) is 26.5. The molecule has 6 nitrogen and oxygen atoms in total. The minimum Gasteiger partial charge on any atom is -0.482 e. The fourth-order valence-corrected chi connectivity index (χ4v) is 3.81. The number of piperidine rings is 2. The van der Waals surface area contributed by atoms with Gasteiger partial charge in [-0.2, -0.15) is 0 Å². The molecule has 2 atom stereocenters. The molecule has 0 radical (unpaired) electrons. The van der Waals surface area contributed by atoms with E-state index in [0.29, 0.717) is 36.7 Å². The van der Waals surface area contributed by atoms with Gasteiger partial charge in [0.15, 0.2) is 6.61 Å². The van der Waals surface area contributed by atoms with Crippen LogP contribution in [0.15, 0.2) is 24.3 Å². The highest BCUT2D eigenvalue weighted by atomic mass is 35.5. The quantitative estimate of drug-likeness (QED) is 0.863. The molecule has 2 heterocycles. The van der Waals surface area contributed by atoms with Gasteiger partial charge in [-0.25, -0.2) is 0 Å². The lowest BCUT2D eigenvalue weighted by Gasteiger charge is -2.48. The van der Waals surface area contributed by atoms with E-state index in [1.54, 1.807) is 29.2 Å². The van der Waals surface area contributed by atoms with Crippen LogP contribution in [0.3, 0.4) is 0 Å². The number of likely N-dealkylation sites (tertiary alicyclic amines) is 1. The zero-order valence-electron chi connectivity index (χ0n) is 13.3. The summed E-state index contributed by atoms with van der Waals surface area (Å²) < 4.78 is 5.50. The van der Waals surface area contributed by atoms with Crippen molar-refractivity contribution < 1.29 is 19.4 Å². The van der Waals surface area contributed by atoms with E-state index in [4.69, 9.17) is 16.3 Å². The van der Waals surface area contributed by atoms with Crippen molar-refractivity contribution in [2.45, 2.75) is 25.3 Å². The summed E-state index contributed by atoms with van der Waals surface area (Å²) in [6, 6.07) is 6.79. The van der Waals surface area contributed by atoms with Gasteiger partial charge in [-0.15, -0.1) is 0 Å². The Kier molecular flexibility index (Phi) is 4.96. The molecule has 2 aliphatic rings. The van der Waals surface area contributed by atoms with Crippen molar-refractivity contribution in [3.05, 3.63) is 29.3 Å². The van der Waals surface area contributed by atoms with E-state index in [1.807, 2.05) is 0 Å². The molecule has 2 N–H and O–H groups in total. The van der Waals surface area contributed by atoms with Crippen molar-refractivity contribution >= 4 is 23.5 Å². The van der Waals surface area contributed by atoms with Crippen molar-refractivity contribution in [2.24, 2.45) is 5.41 Å². The zero-order chi connectivity index (χ0) is 17.2. The number of amides is 1. The lowest BCUT2D eigenvalue weighted by Crippen LogP contribution is -2.63. The van der Waals surface area contributed by atoms with Crippen LogP contribution in [0.4, 0.5) is 0 Å². The molecular formula is C17H21ClN2O4. The largest absolute Gasteiger partial charge is 0.482 e. The van der Waals surface area contributed by atoms with Crippen LogP contribution in [0.25, 0.3) is 0 Å². The van der Waals surface area contributed by atoms with E-state index in [2.05, 4.69) is 5.32 Å². The second-order valence-corrected chi connectivity index (χ2v) is 6.79. The number of aliphatic carboxylic acids is 1. The molecule has 24 heavy (non-hydrogen) atoms. The predicted octanol–water partition coefficient (Wildman–Crippen LogP) is 1.77. The summed E-state index contributed by atoms with van der Waals surface area (Å²) in [5.41, 5.74) is -0.751. The fourth-order valence-electron chi connectivity index (χ4n) is 3.62. The highest BCUT2D eigenvalue weighted by Crippen LogP contribution is 2.39. The van der Waals surface area contributed by atoms with Crippen LogP contribution < -0.4 is 10.1 Å². The van der Waals surface area contributed by atoms with Gasteiger partial charge in [0.25, 0.3) is 5.91 Å². The number of hydrogen-bond donors (Lipinski definition) is 2. The first kappa shape index (κ1) is 17.0. The molecule has 2 aliphatic heterocycles. The number of fused-ring (bicyclic) bond motifs is 1. The molecule has 0 aliphatic carbocycles. The Hall–Kier alpha value is -1.79. The number of hydrogen-bond acceptors (Lipinski definition) is 4. The second-order valence-electron chi connectivity index (χ2n) is 6.38. The van der Waals surface area contributed by atoms with E-state index >= 15 is 0 Å². The van der Waals surface area contributed by atoms with Gasteiger partial charge in [-0.1, -0.05) is 23.7 Å². The number of ether oxygens (including phenoxy) is 1. The summed E-state index contributed by atoms with van der Waals surface area (Å²) in [6.45, 7) is 1.53. The van der Waals surface area contributed by atoms with Crippen LogP contribution in [0.5, 0.6) is 5.75 Å². The lowest BCUT2D eigenvalue weighted by atomic mass is 9.69. The van der Waals surface area contributed by atoms with Gasteiger partial charge in [0.2, 0.25) is 0 Å². The van der Waals surface area contributed by atoms with Crippen molar-refractivity contribution in [2.75, 3.05) is 26.2 Å². The molecule has 3 rings (SSSR count). The van der Waals surface area contributed by atoms with Crippen molar-refractivity contribution in [3.63, 3.8) is 0 Å². The molecule has 1 amide bonds. The van der Waals surface area contributed by atoms with Gasteiger partial charge in [-0.3, -0.25) is 9.59 Å². The van der Waals surface area contributed by atoms with Gasteiger partial charge in [-0.05, 0) is 37.9 Å². The Morgan fingerprint density at radius 2 is 2.17 bits per heavy atom. The number of carboxylic acids is 1. The first-order valence-electron chi connectivity index (χ1n) is 8.15. The number of carbonyl (C=O) groups is 2. The SMILES string of the molecule is O=C(COc1ccccc1Cl)N1CC[C@@]2(C(=O)O)CCCN[C@@H]2C1. The van der Waals surface area contributed by atoms with E-state index < -0.39 is 11.4 Å². The lowest BCUT2D eigenvalue weighted by molar-refractivity contribution is -0.159. The average Bonchev–Trinajstić information content (AvgIpc) is 2.60. The molecule has 130 valence electrons. The van der Waals surface area contributed by atoms with Gasteiger partial charge in [0.1, 0.15) is 5.75 Å². The Morgan fingerprint density at radius 3 is 2.92 bits per heavy atom. The van der Waals surface area contributed by atoms with E-state index in [0.717, 1.165) is 13.0 Å². The maximum absolute atomic E-state index is 12.4. The summed E-state index contributed by atoms with van der Waals surface area (Å²) in [5, 5.41) is 13.4.